The van der Waals surface area contributed by atoms with Crippen LogP contribution in [0.5, 0.6) is 0 Å². The van der Waals surface area contributed by atoms with Crippen molar-refractivity contribution in [3.63, 3.8) is 0 Å². The van der Waals surface area contributed by atoms with Gasteiger partial charge in [-0.25, -0.2) is 4.98 Å². The molecule has 1 amide bonds. The predicted octanol–water partition coefficient (Wildman–Crippen LogP) is 4.25. The van der Waals surface area contributed by atoms with Gasteiger partial charge in [0.1, 0.15) is 10.9 Å². The maximum atomic E-state index is 13.0. The molecule has 1 aromatic carbocycles. The molecule has 1 atom stereocenters. The van der Waals surface area contributed by atoms with Crippen molar-refractivity contribution in [1.82, 2.24) is 20.4 Å². The lowest BCUT2D eigenvalue weighted by atomic mass is 10.1. The van der Waals surface area contributed by atoms with Gasteiger partial charge in [-0.15, -0.1) is 11.3 Å². The van der Waals surface area contributed by atoms with Gasteiger partial charge >= 0.3 is 0 Å². The molecule has 4 rings (SSSR count). The summed E-state index contributed by atoms with van der Waals surface area (Å²) < 4.78 is 10.6. The van der Waals surface area contributed by atoms with Crippen molar-refractivity contribution in [3.8, 4) is 22.0 Å². The number of nitrogens with one attached hydrogen (secondary N) is 1. The van der Waals surface area contributed by atoms with Crippen molar-refractivity contribution in [3.05, 3.63) is 65.3 Å². The van der Waals surface area contributed by atoms with Crippen LogP contribution in [0.15, 0.2) is 57.7 Å². The fourth-order valence-corrected chi connectivity index (χ4v) is 3.54. The molecule has 8 heteroatoms. The number of nitrogens with zero attached hydrogens (tertiary/aromatic N) is 3. The van der Waals surface area contributed by atoms with E-state index in [0.29, 0.717) is 33.1 Å². The zero-order valence-electron chi connectivity index (χ0n) is 14.7. The summed E-state index contributed by atoms with van der Waals surface area (Å²) in [4.78, 5) is 22.3. The standard InChI is InChI=1S/C19H16N4O3S/c1-11(18-21-12(2)23-26-18)20-17(24)16-15(13-7-4-3-5-8-13)22-19(27-16)14-9-6-10-25-14/h3-11H,1-2H3,(H,20,24)/t11-/m0/s1. The van der Waals surface area contributed by atoms with Crippen LogP contribution in [0.3, 0.4) is 0 Å². The highest BCUT2D eigenvalue weighted by Crippen LogP contribution is 2.34. The Morgan fingerprint density at radius 3 is 2.63 bits per heavy atom. The van der Waals surface area contributed by atoms with Crippen LogP contribution >= 0.6 is 11.3 Å². The molecule has 0 spiro atoms. The lowest BCUT2D eigenvalue weighted by Crippen LogP contribution is -2.26. The summed E-state index contributed by atoms with van der Waals surface area (Å²) >= 11 is 1.28. The van der Waals surface area contributed by atoms with Gasteiger partial charge in [-0.2, -0.15) is 4.98 Å². The second-order valence-electron chi connectivity index (χ2n) is 5.92. The molecule has 3 aromatic heterocycles. The van der Waals surface area contributed by atoms with Crippen molar-refractivity contribution in [2.24, 2.45) is 0 Å². The van der Waals surface area contributed by atoms with Gasteiger partial charge in [-0.3, -0.25) is 4.79 Å². The molecular weight excluding hydrogens is 364 g/mol. The Kier molecular flexibility index (Phi) is 4.55. The first-order valence-electron chi connectivity index (χ1n) is 8.33. The third-order valence-corrected chi connectivity index (χ3v) is 4.94. The van der Waals surface area contributed by atoms with Crippen molar-refractivity contribution in [2.75, 3.05) is 0 Å². The molecule has 0 saturated heterocycles. The van der Waals surface area contributed by atoms with E-state index in [1.807, 2.05) is 36.4 Å². The summed E-state index contributed by atoms with van der Waals surface area (Å²) in [6, 6.07) is 12.8. The van der Waals surface area contributed by atoms with Crippen LogP contribution in [0.25, 0.3) is 22.0 Å². The first-order chi connectivity index (χ1) is 13.1. The van der Waals surface area contributed by atoms with E-state index in [9.17, 15) is 4.79 Å². The molecule has 4 aromatic rings. The summed E-state index contributed by atoms with van der Waals surface area (Å²) in [7, 11) is 0. The number of furan rings is 1. The summed E-state index contributed by atoms with van der Waals surface area (Å²) in [5.41, 5.74) is 1.47. The zero-order chi connectivity index (χ0) is 18.8. The molecule has 0 bridgehead atoms. The van der Waals surface area contributed by atoms with Crippen LogP contribution in [-0.4, -0.2) is 21.0 Å². The van der Waals surface area contributed by atoms with Gasteiger partial charge in [-0.05, 0) is 26.0 Å². The molecule has 0 saturated carbocycles. The second kappa shape index (κ2) is 7.16. The van der Waals surface area contributed by atoms with Crippen molar-refractivity contribution in [2.45, 2.75) is 19.9 Å². The van der Waals surface area contributed by atoms with Crippen LogP contribution in [-0.2, 0) is 0 Å². The van der Waals surface area contributed by atoms with Crippen molar-refractivity contribution in [1.29, 1.82) is 0 Å². The number of aryl methyl sites for hydroxylation is 1. The maximum absolute atomic E-state index is 13.0. The van der Waals surface area contributed by atoms with E-state index in [-0.39, 0.29) is 5.91 Å². The first kappa shape index (κ1) is 17.2. The molecule has 0 fully saturated rings. The number of hydrogen-bond donors (Lipinski definition) is 1. The van der Waals surface area contributed by atoms with Crippen LogP contribution < -0.4 is 5.32 Å². The van der Waals surface area contributed by atoms with Crippen LogP contribution in [0.1, 0.15) is 34.4 Å². The van der Waals surface area contributed by atoms with E-state index in [1.54, 1.807) is 26.2 Å². The fourth-order valence-electron chi connectivity index (χ4n) is 2.58. The molecule has 7 nitrogen and oxygen atoms in total. The highest BCUT2D eigenvalue weighted by molar-refractivity contribution is 7.17. The van der Waals surface area contributed by atoms with E-state index in [1.165, 1.54) is 11.3 Å². The number of thiazole rings is 1. The average Bonchev–Trinajstić information content (AvgIpc) is 3.42. The van der Waals surface area contributed by atoms with Crippen LogP contribution in [0.4, 0.5) is 0 Å². The summed E-state index contributed by atoms with van der Waals surface area (Å²) in [5, 5.41) is 7.30. The number of rotatable bonds is 5. The van der Waals surface area contributed by atoms with Gasteiger partial charge in [0.2, 0.25) is 5.89 Å². The lowest BCUT2D eigenvalue weighted by Gasteiger charge is -2.09. The van der Waals surface area contributed by atoms with Gasteiger partial charge in [0.15, 0.2) is 16.6 Å². The number of aromatic nitrogens is 3. The summed E-state index contributed by atoms with van der Waals surface area (Å²) in [6.07, 6.45) is 1.58. The molecule has 0 aliphatic carbocycles. The Morgan fingerprint density at radius 1 is 1.15 bits per heavy atom. The van der Waals surface area contributed by atoms with Crippen molar-refractivity contribution < 1.29 is 13.7 Å². The average molecular weight is 380 g/mol. The molecule has 1 N–H and O–H groups in total. The van der Waals surface area contributed by atoms with Gasteiger partial charge in [-0.1, -0.05) is 35.5 Å². The minimum atomic E-state index is -0.420. The number of carbonyl (C=O) groups excluding carboxylic acids is 1. The highest BCUT2D eigenvalue weighted by Gasteiger charge is 2.24. The Bertz CT molecular complexity index is 1050. The largest absolute Gasteiger partial charge is 0.462 e. The number of hydrogen-bond acceptors (Lipinski definition) is 7. The minimum absolute atomic E-state index is 0.257. The Balaban J connectivity index is 1.69. The van der Waals surface area contributed by atoms with E-state index in [2.05, 4.69) is 20.4 Å². The van der Waals surface area contributed by atoms with E-state index in [0.717, 1.165) is 5.56 Å². The Labute approximate surface area is 159 Å². The number of carbonyl (C=O) groups is 1. The number of amides is 1. The zero-order valence-corrected chi connectivity index (χ0v) is 15.5. The predicted molar refractivity (Wildman–Crippen MR) is 100 cm³/mol. The number of benzene rings is 1. The van der Waals surface area contributed by atoms with Crippen LogP contribution in [0.2, 0.25) is 0 Å². The molecular formula is C19H16N4O3S. The molecule has 3 heterocycles. The Morgan fingerprint density at radius 2 is 1.96 bits per heavy atom. The van der Waals surface area contributed by atoms with Gasteiger partial charge < -0.3 is 14.3 Å². The normalized spacial score (nSPS) is 12.1. The molecule has 0 radical (unpaired) electrons. The quantitative estimate of drug-likeness (QED) is 0.556. The molecule has 136 valence electrons. The third-order valence-electron chi connectivity index (χ3n) is 3.87. The van der Waals surface area contributed by atoms with Gasteiger partial charge in [0.05, 0.1) is 12.0 Å². The smallest absolute Gasteiger partial charge is 0.264 e. The topological polar surface area (TPSA) is 94.1 Å². The summed E-state index contributed by atoms with van der Waals surface area (Å²) in [5.74, 6) is 1.25. The fraction of sp³-hybridized carbons (Fsp3) is 0.158. The van der Waals surface area contributed by atoms with Crippen molar-refractivity contribution >= 4 is 17.2 Å². The molecule has 27 heavy (non-hydrogen) atoms. The lowest BCUT2D eigenvalue weighted by molar-refractivity contribution is 0.0937. The molecule has 0 aliphatic rings. The molecule has 0 aliphatic heterocycles. The monoisotopic (exact) mass is 380 g/mol. The van der Waals surface area contributed by atoms with E-state index >= 15 is 0 Å². The van der Waals surface area contributed by atoms with Crippen LogP contribution in [0, 0.1) is 6.92 Å². The van der Waals surface area contributed by atoms with Gasteiger partial charge in [0, 0.05) is 5.56 Å². The summed E-state index contributed by atoms with van der Waals surface area (Å²) in [6.45, 7) is 3.52. The maximum Gasteiger partial charge on any atom is 0.264 e. The van der Waals surface area contributed by atoms with E-state index in [4.69, 9.17) is 8.94 Å². The second-order valence-corrected chi connectivity index (χ2v) is 6.91. The minimum Gasteiger partial charge on any atom is -0.462 e. The SMILES string of the molecule is Cc1noc([C@H](C)NC(=O)c2sc(-c3ccco3)nc2-c2ccccc2)n1. The van der Waals surface area contributed by atoms with Gasteiger partial charge in [0.25, 0.3) is 5.91 Å². The Hall–Kier alpha value is -3.26. The first-order valence-corrected chi connectivity index (χ1v) is 9.14. The molecule has 0 unspecified atom stereocenters. The third kappa shape index (κ3) is 3.52. The highest BCUT2D eigenvalue weighted by atomic mass is 32.1. The van der Waals surface area contributed by atoms with E-state index < -0.39 is 6.04 Å².